The molecule has 0 aliphatic rings. The molecule has 0 heterocycles. The van der Waals surface area contributed by atoms with E-state index in [-0.39, 0.29) is 29.2 Å². The number of hydrogen-bond acceptors (Lipinski definition) is 11. The van der Waals surface area contributed by atoms with E-state index in [2.05, 4.69) is 123 Å². The number of methoxy groups -OCH3 is 6. The predicted molar refractivity (Wildman–Crippen MR) is 409 cm³/mol. The van der Waals surface area contributed by atoms with E-state index in [1.165, 1.54) is 11.1 Å². The Morgan fingerprint density at radius 1 is 0.319 bits per heavy atom. The van der Waals surface area contributed by atoms with Crippen LogP contribution < -0.4 is 28.4 Å². The highest BCUT2D eigenvalue weighted by Crippen LogP contribution is 2.42. The second kappa shape index (κ2) is 42.6. The van der Waals surface area contributed by atoms with Gasteiger partial charge in [0, 0.05) is 94.2 Å². The van der Waals surface area contributed by atoms with Crippen molar-refractivity contribution in [1.82, 2.24) is 0 Å². The largest absolute Gasteiger partial charge is 0.507 e. The molecule has 0 fully saturated rings. The summed E-state index contributed by atoms with van der Waals surface area (Å²) in [7, 11) is 10.1. The minimum Gasteiger partial charge on any atom is -0.507 e. The van der Waals surface area contributed by atoms with Gasteiger partial charge in [-0.05, 0) is 163 Å². The van der Waals surface area contributed by atoms with Gasteiger partial charge in [0.15, 0.2) is 0 Å². The van der Waals surface area contributed by atoms with E-state index in [0.29, 0.717) is 22.3 Å². The number of rotatable bonds is 19. The maximum Gasteiger partial charge on any atom is 0.126 e. The molecular weight excluding hydrogens is 1460 g/mol. The molecule has 0 radical (unpaired) electrons. The first-order valence-corrected chi connectivity index (χ1v) is 35.0. The van der Waals surface area contributed by atoms with Crippen LogP contribution in [0.4, 0.5) is 0 Å². The van der Waals surface area contributed by atoms with Crippen LogP contribution >= 0.6 is 72.7 Å². The molecule has 10 rings (SSSR count). The van der Waals surface area contributed by atoms with E-state index in [9.17, 15) is 20.4 Å². The van der Waals surface area contributed by atoms with E-state index < -0.39 is 0 Å². The van der Waals surface area contributed by atoms with Crippen molar-refractivity contribution < 1.29 is 50.2 Å². The zero-order valence-electron chi connectivity index (χ0n) is 54.5. The van der Waals surface area contributed by atoms with Crippen LogP contribution in [-0.4, -0.2) is 69.3 Å². The zero-order chi connectivity index (χ0) is 69.7. The fraction of sp³-hybridized carbons (Fsp3) is 0.139. The normalized spacial score (nSPS) is 9.93. The van der Waals surface area contributed by atoms with Crippen LogP contribution in [-0.2, 0) is 25.7 Å². The number of ether oxygens (including phenoxy) is 6. The van der Waals surface area contributed by atoms with Crippen molar-refractivity contribution in [2.75, 3.05) is 48.9 Å². The lowest BCUT2D eigenvalue weighted by Crippen LogP contribution is -1.95. The van der Waals surface area contributed by atoms with Gasteiger partial charge in [-0.15, -0.1) is 26.3 Å². The zero-order valence-corrected chi connectivity index (χ0v) is 60.7. The molecule has 0 atom stereocenters. The first kappa shape index (κ1) is 76.1. The number of phenols is 4. The molecule has 10 aromatic rings. The lowest BCUT2D eigenvalue weighted by molar-refractivity contribution is 0.410. The highest BCUT2D eigenvalue weighted by molar-refractivity contribution is 9.93. The minimum absolute atomic E-state index is 0.156. The molecule has 94 heavy (non-hydrogen) atoms. The smallest absolute Gasteiger partial charge is 0.126 e. The predicted octanol–water partition coefficient (Wildman–Crippen LogP) is 22.3. The Bertz CT molecular complexity index is 3790. The van der Waals surface area contributed by atoms with Gasteiger partial charge < -0.3 is 48.8 Å². The third kappa shape index (κ3) is 22.9. The summed E-state index contributed by atoms with van der Waals surface area (Å²) in [6.45, 7) is 15.0. The maximum absolute atomic E-state index is 10.0. The fourth-order valence-electron chi connectivity index (χ4n) is 9.62. The molecule has 0 saturated heterocycles. The number of hydrogen-bond donors (Lipinski definition) is 5. The number of halogens is 4. The van der Waals surface area contributed by atoms with E-state index in [1.54, 1.807) is 91.2 Å². The SMILES string of the molecule is BrBr.C=CCc1ccc(O)c(-c2cc(CC=C)ccc2O)c1.C=CCc1ccc(OC)c(-c2cc(CC=C)ccc2OC)c1.COc1ccc(Br)cc1-c1cc(Br)ccc1OC.COc1ccccc1-c1ccccc1OC.Oc1ccccc1-c1ccccc1O.[2H]CS. The number of allylic oxidation sites excluding steroid dienone is 4. The van der Waals surface area contributed by atoms with Gasteiger partial charge in [0.1, 0.15) is 57.5 Å². The number of phenolic OH excluding ortho intramolecular Hbond substituents is 4. The van der Waals surface area contributed by atoms with E-state index in [4.69, 9.17) is 29.8 Å². The average molecular weight is 1540 g/mol. The summed E-state index contributed by atoms with van der Waals surface area (Å²) in [5.74, 6) is 5.67. The molecule has 0 aromatic heterocycles. The van der Waals surface area contributed by atoms with E-state index in [0.717, 1.165) is 114 Å². The highest BCUT2D eigenvalue weighted by Gasteiger charge is 2.16. The third-order valence-corrected chi connectivity index (χ3v) is 15.0. The lowest BCUT2D eigenvalue weighted by Gasteiger charge is -2.15. The summed E-state index contributed by atoms with van der Waals surface area (Å²) < 4.78 is 40.6. The van der Waals surface area contributed by atoms with Crippen molar-refractivity contribution in [3.05, 3.63) is 288 Å². The Morgan fingerprint density at radius 2 is 0.543 bits per heavy atom. The number of aromatic hydroxyl groups is 4. The maximum atomic E-state index is 10.0. The molecule has 0 bridgehead atoms. The first-order valence-electron chi connectivity index (χ1n) is 29.8. The molecule has 490 valence electrons. The van der Waals surface area contributed by atoms with Crippen LogP contribution in [0.3, 0.4) is 0 Å². The molecule has 0 aliphatic carbocycles. The topological polar surface area (TPSA) is 136 Å². The monoisotopic (exact) mass is 1540 g/mol. The van der Waals surface area contributed by atoms with Crippen LogP contribution in [0.25, 0.3) is 55.6 Å². The summed E-state index contributed by atoms with van der Waals surface area (Å²) in [5.41, 5.74) is 13.2. The van der Waals surface area contributed by atoms with Gasteiger partial charge in [0.2, 0.25) is 0 Å². The van der Waals surface area contributed by atoms with Crippen molar-refractivity contribution in [3.8, 4) is 113 Å². The quantitative estimate of drug-likeness (QED) is 0.0393. The van der Waals surface area contributed by atoms with E-state index >= 15 is 0 Å². The summed E-state index contributed by atoms with van der Waals surface area (Å²) in [6, 6.07) is 64.6. The Balaban J connectivity index is 0.000000250. The molecule has 0 spiro atoms. The Morgan fingerprint density at radius 3 is 0.830 bits per heavy atom. The summed E-state index contributed by atoms with van der Waals surface area (Å²) in [5, 5.41) is 39.2. The van der Waals surface area contributed by atoms with Crippen LogP contribution in [0.2, 0.25) is 0 Å². The van der Waals surface area contributed by atoms with Crippen LogP contribution in [0.1, 0.15) is 23.6 Å². The van der Waals surface area contributed by atoms with Gasteiger partial charge in [-0.2, -0.15) is 12.6 Å². The van der Waals surface area contributed by atoms with Crippen molar-refractivity contribution in [3.63, 3.8) is 0 Å². The van der Waals surface area contributed by atoms with Crippen molar-refractivity contribution >= 4 is 72.7 Å². The van der Waals surface area contributed by atoms with Crippen LogP contribution in [0.15, 0.2) is 266 Å². The first-order chi connectivity index (χ1) is 46.1. The molecule has 15 heteroatoms. The van der Waals surface area contributed by atoms with Crippen LogP contribution in [0.5, 0.6) is 57.5 Å². The van der Waals surface area contributed by atoms with Gasteiger partial charge in [0.25, 0.3) is 0 Å². The second-order valence-electron chi connectivity index (χ2n) is 19.9. The second-order valence-corrected chi connectivity index (χ2v) is 21.7. The standard InChI is InChI=1S/C20H22O2.C18H18O2.C14H12Br2O2.C14H14O2.C12H10O2.CH4S.Br2/c1-5-7-15-9-11-19(21-3)17(13-15)18-14-16(8-6-2)10-12-20(18)22-4;1-3-5-13-7-9-17(19)15(11-13)16-12-14(6-4-2)8-10-18(16)20;1-17-13-5-3-9(15)7-11(13)12-8-10(16)4-6-14(12)18-2;1-15-13-9-5-3-7-11(13)12-8-4-6-10-14(12)16-2;13-11-7-3-1-5-9(11)10-6-2-4-8-12(10)14;2*1-2/h5-6,9-14H,1-2,7-8H2,3-4H3;3-4,7-12,19-20H,1-2,5-6H2;3-8H,1-2H3;3-10H,1-2H3;1-8,13-14H;2H,1H3;/i;;;;;1D;. The highest BCUT2D eigenvalue weighted by atomic mass is 80.9. The number of thiol groups is 1. The number of benzene rings is 10. The molecule has 0 unspecified atom stereocenters. The van der Waals surface area contributed by atoms with Gasteiger partial charge in [0.05, 0.1) is 42.7 Å². The molecule has 4 N–H and O–H groups in total. The molecule has 0 aliphatic heterocycles. The Hall–Kier alpha value is -8.57. The summed E-state index contributed by atoms with van der Waals surface area (Å²) >= 11 is 15.9. The third-order valence-electron chi connectivity index (χ3n) is 14.0. The van der Waals surface area contributed by atoms with Crippen molar-refractivity contribution in [2.24, 2.45) is 0 Å². The van der Waals surface area contributed by atoms with Gasteiger partial charge >= 0.3 is 0 Å². The fourth-order valence-corrected chi connectivity index (χ4v) is 10.3. The molecule has 0 amide bonds. The van der Waals surface area contributed by atoms with Gasteiger partial charge in [-0.25, -0.2) is 0 Å². The van der Waals surface area contributed by atoms with Crippen LogP contribution in [0, 0.1) is 0 Å². The molecule has 0 saturated carbocycles. The molecular formula is C79H80Br4O10S. The Kier molecular flexibility index (Phi) is 34.5. The minimum atomic E-state index is 0.156. The Labute approximate surface area is 594 Å². The lowest BCUT2D eigenvalue weighted by atomic mass is 9.97. The number of para-hydroxylation sites is 4. The molecule has 10 nitrogen and oxygen atoms in total. The van der Waals surface area contributed by atoms with Gasteiger partial charge in [-0.3, -0.25) is 0 Å². The summed E-state index contributed by atoms with van der Waals surface area (Å²) in [4.78, 5) is 0. The average Bonchev–Trinajstić information content (AvgIpc) is 0.849. The van der Waals surface area contributed by atoms with Gasteiger partial charge in [-0.1, -0.05) is 153 Å². The molecule has 10 aromatic carbocycles. The van der Waals surface area contributed by atoms with Crippen molar-refractivity contribution in [1.29, 1.82) is 0 Å². The van der Waals surface area contributed by atoms with Crippen molar-refractivity contribution in [2.45, 2.75) is 25.7 Å². The van der Waals surface area contributed by atoms with E-state index in [1.807, 2.05) is 158 Å². The summed E-state index contributed by atoms with van der Waals surface area (Å²) in [6.07, 6.45) is 10.7.